The first-order valence-corrected chi connectivity index (χ1v) is 31.0. The highest BCUT2D eigenvalue weighted by atomic mass is 16.5. The van der Waals surface area contributed by atoms with Crippen molar-refractivity contribution in [2.45, 2.75) is 148 Å². The van der Waals surface area contributed by atoms with Gasteiger partial charge in [0.25, 0.3) is 68.8 Å². The van der Waals surface area contributed by atoms with Crippen LogP contribution in [-0.4, -0.2) is 142 Å². The zero-order chi connectivity index (χ0) is 74.1. The van der Waals surface area contributed by atoms with Gasteiger partial charge in [-0.25, -0.2) is 0 Å². The molecule has 0 saturated heterocycles. The Balaban J connectivity index is 0.000000303. The maximum absolute atomic E-state index is 12.1. The molecule has 0 spiro atoms. The molecule has 31 nitrogen and oxygen atoms in total. The van der Waals surface area contributed by atoms with Crippen LogP contribution in [0.2, 0.25) is 0 Å². The van der Waals surface area contributed by atoms with E-state index in [4.69, 9.17) is 4.74 Å². The van der Waals surface area contributed by atoms with E-state index in [9.17, 15) is 88.2 Å². The fourth-order valence-corrected chi connectivity index (χ4v) is 10.4. The maximum Gasteiger partial charge on any atom is 0.269 e. The molecular formula is C66H92N12O19. The van der Waals surface area contributed by atoms with E-state index in [1.165, 1.54) is 72.7 Å². The number of hydrogen-bond acceptors (Lipinski definition) is 19. The van der Waals surface area contributed by atoms with Crippen molar-refractivity contribution >= 4 is 35.4 Å². The minimum Gasteiger partial charge on any atom is -0.507 e. The highest BCUT2D eigenvalue weighted by molar-refractivity contribution is 5.99. The summed E-state index contributed by atoms with van der Waals surface area (Å²) in [5, 5.41) is 72.6. The Morgan fingerprint density at radius 1 is 0.433 bits per heavy atom. The first kappa shape index (κ1) is 80.5. The summed E-state index contributed by atoms with van der Waals surface area (Å²) in [5.74, 6) is -4.82. The molecule has 8 rings (SSSR count). The number of carbonyl (C=O) groups is 6. The summed E-state index contributed by atoms with van der Waals surface area (Å²) in [7, 11) is 10.1. The summed E-state index contributed by atoms with van der Waals surface area (Å²) in [4.78, 5) is 141. The van der Waals surface area contributed by atoms with Crippen LogP contribution in [0.1, 0.15) is 172 Å². The van der Waals surface area contributed by atoms with E-state index in [0.29, 0.717) is 71.3 Å². The van der Waals surface area contributed by atoms with Gasteiger partial charge in [-0.1, -0.05) is 0 Å². The summed E-state index contributed by atoms with van der Waals surface area (Å²) in [6.07, 6.45) is 4.38. The molecule has 0 unspecified atom stereocenters. The van der Waals surface area contributed by atoms with Crippen molar-refractivity contribution < 1.29 is 64.1 Å². The van der Waals surface area contributed by atoms with Gasteiger partial charge in [-0.3, -0.25) is 62.1 Å². The Labute approximate surface area is 559 Å². The molecule has 0 atom stereocenters. The molecule has 0 fully saturated rings. The molecule has 12 N–H and O–H groups in total. The molecule has 0 saturated carbocycles. The second kappa shape index (κ2) is 35.1. The Morgan fingerprint density at radius 2 is 0.753 bits per heavy atom. The number of carbonyl (C=O) groups excluding carboxylic acids is 6. The number of nitrogens with zero attached hydrogens (tertiary/aromatic N) is 6. The molecule has 0 aliphatic carbocycles. The molecule has 2 aliphatic heterocycles. The summed E-state index contributed by atoms with van der Waals surface area (Å²) in [5.41, 5.74) is 2.41. The number of aromatic nitrogens is 6. The molecule has 6 aromatic rings. The van der Waals surface area contributed by atoms with Crippen LogP contribution < -0.4 is 65.3 Å². The Bertz CT molecular complexity index is 4400. The second-order valence-electron chi connectivity index (χ2n) is 22.5. The maximum atomic E-state index is 12.1. The van der Waals surface area contributed by atoms with E-state index in [2.05, 4.69) is 31.9 Å². The molecule has 2 aliphatic rings. The predicted molar refractivity (Wildman–Crippen MR) is 362 cm³/mol. The average molecular weight is 1360 g/mol. The fourth-order valence-electron chi connectivity index (χ4n) is 10.4. The highest BCUT2D eigenvalue weighted by Gasteiger charge is 2.27. The highest BCUT2D eigenvalue weighted by Crippen LogP contribution is 2.27. The summed E-state index contributed by atoms with van der Waals surface area (Å²) < 4.78 is 14.0. The normalized spacial score (nSPS) is 11.5. The van der Waals surface area contributed by atoms with Crippen molar-refractivity contribution in [3.8, 4) is 34.5 Å². The lowest BCUT2D eigenvalue weighted by Crippen LogP contribution is -2.34. The van der Waals surface area contributed by atoms with Crippen LogP contribution in [0, 0.1) is 55.4 Å². The lowest BCUT2D eigenvalue weighted by molar-refractivity contribution is 0.0825. The number of amides is 6. The summed E-state index contributed by atoms with van der Waals surface area (Å²) in [6, 6.07) is 2.95. The van der Waals surface area contributed by atoms with Gasteiger partial charge < -0.3 is 90.1 Å². The monoisotopic (exact) mass is 1360 g/mol. The molecular weight excluding hydrogens is 1260 g/mol. The van der Waals surface area contributed by atoms with Crippen LogP contribution >= 0.6 is 0 Å². The van der Waals surface area contributed by atoms with Crippen molar-refractivity contribution in [1.82, 2.24) is 59.3 Å². The van der Waals surface area contributed by atoms with Crippen LogP contribution in [0.5, 0.6) is 34.5 Å². The van der Waals surface area contributed by atoms with E-state index in [-0.39, 0.29) is 80.7 Å². The van der Waals surface area contributed by atoms with Gasteiger partial charge in [0.05, 0.1) is 0 Å². The third kappa shape index (κ3) is 17.4. The average Bonchev–Trinajstić information content (AvgIpc) is 1.28. The van der Waals surface area contributed by atoms with Crippen molar-refractivity contribution in [3.05, 3.63) is 164 Å². The standard InChI is InChI=1S/C12H18N2O4.C12H18N2O3.C11H14N2O3.C11H16N2O3.C10H12N2O3.C10H14N2O3/c1-5-18-6-14-8(3)7(2)10(15)9(12(14)17)11(16)13-4;1-6(2)14-8(4)7(3)10(15)9(12(14)17)11(16)13-5;1-12-10(15)9-8(14)6-7-4-2-3-5-13(7)11(9)16;1-5-13-7(3)6(2)9(14)8(11(13)16)10(15)12-4;1-11-9(14)8-7(13)5-6-3-2-4-12(6)10(8)15;1-5-6(2)12(4)10(15)7(8(5)13)9(14)11-3/h15H,5-6H2,1-4H3,(H,13,16);6,15H,1-5H3,(H,13,16);6,14H,2-5H2,1H3,(H,12,15);14H,5H2,1-4H3,(H,12,15);5,13H,2-4H2,1H3,(H,11,14);13H,1-4H3,(H,11,14). The smallest absolute Gasteiger partial charge is 0.269 e. The van der Waals surface area contributed by atoms with Gasteiger partial charge in [-0.15, -0.1) is 0 Å². The van der Waals surface area contributed by atoms with Crippen LogP contribution in [-0.2, 0) is 51.0 Å². The van der Waals surface area contributed by atoms with Crippen molar-refractivity contribution in [3.63, 3.8) is 0 Å². The second-order valence-corrected chi connectivity index (χ2v) is 22.5. The number of hydrogen-bond donors (Lipinski definition) is 12. The molecule has 530 valence electrons. The quantitative estimate of drug-likeness (QED) is 0.0886. The van der Waals surface area contributed by atoms with Gasteiger partial charge in [0.1, 0.15) is 74.6 Å². The van der Waals surface area contributed by atoms with Gasteiger partial charge in [-0.05, 0) is 115 Å². The van der Waals surface area contributed by atoms with Gasteiger partial charge >= 0.3 is 0 Å². The first-order valence-electron chi connectivity index (χ1n) is 31.0. The van der Waals surface area contributed by atoms with Gasteiger partial charge in [0.2, 0.25) is 0 Å². The zero-order valence-corrected chi connectivity index (χ0v) is 58.5. The lowest BCUT2D eigenvalue weighted by atomic mass is 10.1. The van der Waals surface area contributed by atoms with Crippen molar-refractivity contribution in [1.29, 1.82) is 0 Å². The number of rotatable bonds is 11. The Hall–Kier alpha value is -10.7. The molecule has 0 bridgehead atoms. The lowest BCUT2D eigenvalue weighted by Gasteiger charge is -2.19. The number of pyridine rings is 6. The minimum atomic E-state index is -0.606. The largest absolute Gasteiger partial charge is 0.507 e. The molecule has 97 heavy (non-hydrogen) atoms. The molecule has 6 aromatic heterocycles. The van der Waals surface area contributed by atoms with Crippen LogP contribution in [0.4, 0.5) is 0 Å². The summed E-state index contributed by atoms with van der Waals surface area (Å²) in [6.45, 7) is 23.2. The van der Waals surface area contributed by atoms with Crippen LogP contribution in [0.25, 0.3) is 0 Å². The van der Waals surface area contributed by atoms with E-state index in [1.54, 1.807) is 71.6 Å². The van der Waals surface area contributed by atoms with Gasteiger partial charge in [0, 0.05) is 150 Å². The van der Waals surface area contributed by atoms with Crippen molar-refractivity contribution in [2.24, 2.45) is 7.05 Å². The molecule has 0 radical (unpaired) electrons. The predicted octanol–water partition coefficient (Wildman–Crippen LogP) is 2.36. The van der Waals surface area contributed by atoms with Gasteiger partial charge in [-0.2, -0.15) is 0 Å². The Kier molecular flexibility index (Phi) is 29.2. The number of fused-ring (bicyclic) bond motifs is 2. The number of ether oxygens (including phenoxy) is 1. The van der Waals surface area contributed by atoms with E-state index in [1.807, 2.05) is 27.7 Å². The van der Waals surface area contributed by atoms with Crippen molar-refractivity contribution in [2.75, 3.05) is 48.9 Å². The van der Waals surface area contributed by atoms with Gasteiger partial charge in [0.15, 0.2) is 0 Å². The zero-order valence-electron chi connectivity index (χ0n) is 58.5. The fraction of sp³-hybridized carbons (Fsp3) is 0.455. The van der Waals surface area contributed by atoms with E-state index >= 15 is 0 Å². The molecule has 6 amide bonds. The van der Waals surface area contributed by atoms with Crippen LogP contribution in [0.3, 0.4) is 0 Å². The SMILES string of the molecule is CCOCn1c(C)c(C)c(O)c(C(=O)NC)c1=O.CCn1c(C)c(C)c(O)c(C(=O)NC)c1=O.CNC(=O)c1c(O)c(C)c(C)n(C(C)C)c1=O.CNC(=O)c1c(O)c(C)c(C)n(C)c1=O.CNC(=O)c1c(O)cc2n(c1=O)CCC2.CNC(=O)c1c(O)cc2n(c1=O)CCCC2. The first-order chi connectivity index (χ1) is 45.4. The third-order valence-electron chi connectivity index (χ3n) is 16.7. The topological polar surface area (TPSA) is 437 Å². The number of nitrogens with one attached hydrogen (secondary N) is 6. The number of aryl methyl sites for hydroxylation is 2. The van der Waals surface area contributed by atoms with E-state index < -0.39 is 68.8 Å². The molecule has 8 heterocycles. The minimum absolute atomic E-state index is 0.0618. The van der Waals surface area contributed by atoms with Crippen LogP contribution in [0.15, 0.2) is 40.9 Å². The number of aromatic hydroxyl groups is 6. The molecule has 0 aromatic carbocycles. The molecule has 31 heteroatoms. The third-order valence-corrected chi connectivity index (χ3v) is 16.7. The van der Waals surface area contributed by atoms with E-state index in [0.717, 1.165) is 43.5 Å². The summed E-state index contributed by atoms with van der Waals surface area (Å²) >= 11 is 0. The Morgan fingerprint density at radius 3 is 1.12 bits per heavy atom.